The Hall–Kier alpha value is -3.33. The van der Waals surface area contributed by atoms with E-state index in [9.17, 15) is 13.6 Å². The normalized spacial score (nSPS) is 13.9. The number of nitrogens with zero attached hydrogens (tertiary/aromatic N) is 2. The number of benzene rings is 1. The summed E-state index contributed by atoms with van der Waals surface area (Å²) in [6.45, 7) is 1.43. The minimum atomic E-state index is -0.800. The molecule has 0 fully saturated rings. The van der Waals surface area contributed by atoms with E-state index < -0.39 is 11.6 Å². The molecule has 0 atom stereocenters. The summed E-state index contributed by atoms with van der Waals surface area (Å²) >= 11 is 0. The lowest BCUT2D eigenvalue weighted by Gasteiger charge is -2.16. The summed E-state index contributed by atoms with van der Waals surface area (Å²) in [6, 6.07) is 3.54. The third kappa shape index (κ3) is 2.55. The van der Waals surface area contributed by atoms with Crippen molar-refractivity contribution in [1.82, 2.24) is 20.4 Å². The molecule has 4 aromatic rings. The molecule has 0 saturated carbocycles. The molecule has 3 aromatic heterocycles. The van der Waals surface area contributed by atoms with E-state index in [2.05, 4.69) is 20.4 Å². The van der Waals surface area contributed by atoms with Gasteiger partial charge in [0.25, 0.3) is 11.4 Å². The Bertz CT molecular complexity index is 1240. The fourth-order valence-corrected chi connectivity index (χ4v) is 3.28. The molecule has 0 saturated heterocycles. The van der Waals surface area contributed by atoms with Gasteiger partial charge in [-0.05, 0) is 11.6 Å². The number of furan rings is 1. The number of halogens is 2. The Morgan fingerprint density at radius 1 is 1.15 bits per heavy atom. The van der Waals surface area contributed by atoms with E-state index in [0.717, 1.165) is 36.4 Å². The predicted octanol–water partition coefficient (Wildman–Crippen LogP) is 2.76. The fourth-order valence-electron chi connectivity index (χ4n) is 3.28. The van der Waals surface area contributed by atoms with Crippen LogP contribution in [0.15, 0.2) is 38.2 Å². The van der Waals surface area contributed by atoms with Gasteiger partial charge in [0, 0.05) is 37.3 Å². The van der Waals surface area contributed by atoms with Gasteiger partial charge in [-0.15, -0.1) is 0 Å². The summed E-state index contributed by atoms with van der Waals surface area (Å²) in [5.74, 6) is -1.49. The van der Waals surface area contributed by atoms with Crippen LogP contribution >= 0.6 is 0 Å². The second kappa shape index (κ2) is 5.85. The lowest BCUT2D eigenvalue weighted by Crippen LogP contribution is -2.27. The molecule has 5 rings (SSSR count). The van der Waals surface area contributed by atoms with Crippen LogP contribution in [-0.2, 0) is 13.0 Å². The molecule has 1 aromatic carbocycles. The first-order chi connectivity index (χ1) is 13.1. The zero-order chi connectivity index (χ0) is 18.5. The predicted molar refractivity (Wildman–Crippen MR) is 90.9 cm³/mol. The minimum Gasteiger partial charge on any atom is -0.463 e. The summed E-state index contributed by atoms with van der Waals surface area (Å²) in [6.07, 6.45) is 1.95. The van der Waals surface area contributed by atoms with Crippen molar-refractivity contribution in [1.29, 1.82) is 0 Å². The van der Waals surface area contributed by atoms with Crippen molar-refractivity contribution in [2.24, 2.45) is 0 Å². The Morgan fingerprint density at radius 2 is 2.04 bits per heavy atom. The van der Waals surface area contributed by atoms with Crippen molar-refractivity contribution in [3.8, 4) is 22.8 Å². The fraction of sp³-hybridized carbons (Fsp3) is 0.167. The van der Waals surface area contributed by atoms with Gasteiger partial charge in [0.1, 0.15) is 23.5 Å². The van der Waals surface area contributed by atoms with Gasteiger partial charge >= 0.3 is 0 Å². The average Bonchev–Trinajstić information content (AvgIpc) is 3.27. The van der Waals surface area contributed by atoms with Crippen molar-refractivity contribution in [3.63, 3.8) is 0 Å². The second-order valence-corrected chi connectivity index (χ2v) is 6.28. The van der Waals surface area contributed by atoms with Gasteiger partial charge in [0.15, 0.2) is 0 Å². The van der Waals surface area contributed by atoms with Crippen LogP contribution in [-0.4, -0.2) is 21.7 Å². The lowest BCUT2D eigenvalue weighted by atomic mass is 10.0. The maximum atomic E-state index is 14.2. The lowest BCUT2D eigenvalue weighted by molar-refractivity contribution is 0.431. The standard InChI is InChI=1S/C18H12F2N4O3/c19-9-4-12(20)15-11(7-26-14(15)5-9)18-23-16(24-27-18)10-3-8-6-21-2-1-13(8)22-17(10)25/h3-5,7,21H,1-2,6H2,(H,22,25). The third-order valence-electron chi connectivity index (χ3n) is 4.57. The first-order valence-electron chi connectivity index (χ1n) is 8.26. The first kappa shape index (κ1) is 15.9. The molecule has 1 aliphatic heterocycles. The minimum absolute atomic E-state index is 0.0236. The van der Waals surface area contributed by atoms with Crippen LogP contribution in [0.25, 0.3) is 33.8 Å². The van der Waals surface area contributed by atoms with Crippen molar-refractivity contribution >= 4 is 11.0 Å². The average molecular weight is 370 g/mol. The molecule has 0 bridgehead atoms. The van der Waals surface area contributed by atoms with Crippen molar-refractivity contribution in [2.75, 3.05) is 6.54 Å². The maximum Gasteiger partial charge on any atom is 0.262 e. The van der Waals surface area contributed by atoms with Crippen molar-refractivity contribution < 1.29 is 17.7 Å². The van der Waals surface area contributed by atoms with Gasteiger partial charge in [-0.25, -0.2) is 8.78 Å². The number of aromatic nitrogens is 3. The molecule has 0 aliphatic carbocycles. The van der Waals surface area contributed by atoms with Crippen LogP contribution in [0.1, 0.15) is 11.3 Å². The summed E-state index contributed by atoms with van der Waals surface area (Å²) in [7, 11) is 0. The summed E-state index contributed by atoms with van der Waals surface area (Å²) in [4.78, 5) is 19.4. The number of H-pyrrole nitrogens is 1. The highest BCUT2D eigenvalue weighted by atomic mass is 19.1. The summed E-state index contributed by atoms with van der Waals surface area (Å²) in [5, 5.41) is 7.11. The molecule has 9 heteroatoms. The number of hydrogen-bond acceptors (Lipinski definition) is 6. The first-order valence-corrected chi connectivity index (χ1v) is 8.26. The number of fused-ring (bicyclic) bond motifs is 2. The van der Waals surface area contributed by atoms with Crippen LogP contribution in [0.2, 0.25) is 0 Å². The Kier molecular flexibility index (Phi) is 3.44. The van der Waals surface area contributed by atoms with Gasteiger partial charge in [-0.3, -0.25) is 4.79 Å². The number of aromatic amines is 1. The van der Waals surface area contributed by atoms with Crippen molar-refractivity contribution in [3.05, 3.63) is 57.7 Å². The van der Waals surface area contributed by atoms with E-state index in [-0.39, 0.29) is 39.4 Å². The topological polar surface area (TPSA) is 97.0 Å². The largest absolute Gasteiger partial charge is 0.463 e. The van der Waals surface area contributed by atoms with Gasteiger partial charge in [0.2, 0.25) is 5.82 Å². The summed E-state index contributed by atoms with van der Waals surface area (Å²) < 4.78 is 37.9. The highest BCUT2D eigenvalue weighted by molar-refractivity contribution is 5.92. The van der Waals surface area contributed by atoms with E-state index in [1.54, 1.807) is 6.07 Å². The molecule has 0 spiro atoms. The van der Waals surface area contributed by atoms with E-state index in [1.165, 1.54) is 6.26 Å². The SMILES string of the molecule is O=c1[nH]c2c(cc1-c1noc(-c3coc4cc(F)cc(F)c34)n1)CNCC2. The second-order valence-electron chi connectivity index (χ2n) is 6.28. The quantitative estimate of drug-likeness (QED) is 0.563. The molecule has 0 radical (unpaired) electrons. The van der Waals surface area contributed by atoms with Gasteiger partial charge in [0.05, 0.1) is 16.5 Å². The third-order valence-corrected chi connectivity index (χ3v) is 4.57. The molecule has 4 heterocycles. The van der Waals surface area contributed by atoms with Gasteiger partial charge < -0.3 is 19.2 Å². The van der Waals surface area contributed by atoms with Gasteiger partial charge in [-0.1, -0.05) is 5.16 Å². The van der Waals surface area contributed by atoms with Crippen LogP contribution < -0.4 is 10.9 Å². The number of rotatable bonds is 2. The molecular weight excluding hydrogens is 358 g/mol. The molecule has 1 aliphatic rings. The van der Waals surface area contributed by atoms with E-state index in [1.807, 2.05) is 0 Å². The highest BCUT2D eigenvalue weighted by Crippen LogP contribution is 2.33. The number of nitrogens with one attached hydrogen (secondary N) is 2. The Labute approximate surface area is 150 Å². The van der Waals surface area contributed by atoms with Gasteiger partial charge in [-0.2, -0.15) is 4.98 Å². The smallest absolute Gasteiger partial charge is 0.262 e. The van der Waals surface area contributed by atoms with E-state index in [0.29, 0.717) is 6.54 Å². The number of hydrogen-bond donors (Lipinski definition) is 2. The van der Waals surface area contributed by atoms with Crippen LogP contribution in [0.3, 0.4) is 0 Å². The van der Waals surface area contributed by atoms with Crippen LogP contribution in [0.4, 0.5) is 8.78 Å². The maximum absolute atomic E-state index is 14.2. The molecule has 0 amide bonds. The molecule has 2 N–H and O–H groups in total. The Morgan fingerprint density at radius 3 is 2.93 bits per heavy atom. The van der Waals surface area contributed by atoms with E-state index in [4.69, 9.17) is 8.94 Å². The van der Waals surface area contributed by atoms with E-state index >= 15 is 0 Å². The number of pyridine rings is 1. The molecule has 7 nitrogen and oxygen atoms in total. The monoisotopic (exact) mass is 370 g/mol. The van der Waals surface area contributed by atoms with Crippen LogP contribution in [0, 0.1) is 11.6 Å². The molecule has 0 unspecified atom stereocenters. The van der Waals surface area contributed by atoms with Crippen molar-refractivity contribution in [2.45, 2.75) is 13.0 Å². The molecule has 136 valence electrons. The highest BCUT2D eigenvalue weighted by Gasteiger charge is 2.22. The Balaban J connectivity index is 1.61. The van der Waals surface area contributed by atoms with Crippen LogP contribution in [0.5, 0.6) is 0 Å². The summed E-state index contributed by atoms with van der Waals surface area (Å²) in [5.41, 5.74) is 1.99. The molecular formula is C18H12F2N4O3. The molecule has 27 heavy (non-hydrogen) atoms. The zero-order valence-electron chi connectivity index (χ0n) is 13.8. The zero-order valence-corrected chi connectivity index (χ0v) is 13.8.